The third-order valence-electron chi connectivity index (χ3n) is 4.64. The number of nitrogens with zero attached hydrogens (tertiary/aromatic N) is 2. The number of nitrogens with one attached hydrogen (secondary N) is 2. The van der Waals surface area contributed by atoms with Gasteiger partial charge in [-0.1, -0.05) is 11.6 Å². The smallest absolute Gasteiger partial charge is 0.322 e. The van der Waals surface area contributed by atoms with Gasteiger partial charge in [-0.15, -0.1) is 0 Å². The average molecular weight is 337 g/mol. The molecule has 2 aliphatic heterocycles. The van der Waals surface area contributed by atoms with Gasteiger partial charge in [0.25, 0.3) is 5.91 Å². The number of urea groups is 1. The Morgan fingerprint density at radius 1 is 1.26 bits per heavy atom. The first-order valence-electron chi connectivity index (χ1n) is 7.88. The molecule has 2 unspecified atom stereocenters. The van der Waals surface area contributed by atoms with E-state index in [1.54, 1.807) is 23.1 Å². The summed E-state index contributed by atoms with van der Waals surface area (Å²) < 4.78 is 0. The summed E-state index contributed by atoms with van der Waals surface area (Å²) in [6, 6.07) is 5.32. The van der Waals surface area contributed by atoms with Crippen molar-refractivity contribution in [2.75, 3.05) is 31.1 Å². The molecule has 0 bridgehead atoms. The molecule has 2 N–H and O–H groups in total. The van der Waals surface area contributed by atoms with Gasteiger partial charge in [-0.25, -0.2) is 4.79 Å². The molecule has 1 aromatic carbocycles. The standard InChI is InChI=1S/C16H21ClN4O2/c1-10-11(2)20(7-5-18-10)15(22)12-3-4-13(17)14(9-12)21-8-6-19-16(21)23/h3-4,9-11,18H,5-8H2,1-2H3,(H,19,23). The van der Waals surface area contributed by atoms with Crippen LogP contribution in [0.25, 0.3) is 0 Å². The topological polar surface area (TPSA) is 64.7 Å². The molecule has 0 aromatic heterocycles. The maximum atomic E-state index is 12.9. The first kappa shape index (κ1) is 16.1. The maximum Gasteiger partial charge on any atom is 0.322 e. The summed E-state index contributed by atoms with van der Waals surface area (Å²) in [7, 11) is 0. The molecule has 2 saturated heterocycles. The maximum absolute atomic E-state index is 12.9. The highest BCUT2D eigenvalue weighted by atomic mass is 35.5. The van der Waals surface area contributed by atoms with Gasteiger partial charge < -0.3 is 15.5 Å². The highest BCUT2D eigenvalue weighted by Crippen LogP contribution is 2.29. The summed E-state index contributed by atoms with van der Waals surface area (Å²) >= 11 is 6.23. The van der Waals surface area contributed by atoms with E-state index in [-0.39, 0.29) is 24.0 Å². The molecule has 3 amide bonds. The van der Waals surface area contributed by atoms with Gasteiger partial charge in [-0.2, -0.15) is 0 Å². The van der Waals surface area contributed by atoms with Crippen molar-refractivity contribution < 1.29 is 9.59 Å². The molecule has 0 aliphatic carbocycles. The first-order valence-corrected chi connectivity index (χ1v) is 8.26. The fourth-order valence-electron chi connectivity index (χ4n) is 3.06. The van der Waals surface area contributed by atoms with E-state index >= 15 is 0 Å². The third-order valence-corrected chi connectivity index (χ3v) is 4.96. The van der Waals surface area contributed by atoms with Crippen LogP contribution >= 0.6 is 11.6 Å². The minimum Gasteiger partial charge on any atom is -0.336 e. The van der Waals surface area contributed by atoms with Crippen LogP contribution in [0.2, 0.25) is 5.02 Å². The molecule has 23 heavy (non-hydrogen) atoms. The van der Waals surface area contributed by atoms with Gasteiger partial charge in [0.1, 0.15) is 0 Å². The van der Waals surface area contributed by atoms with E-state index < -0.39 is 0 Å². The molecule has 2 atom stereocenters. The number of halogens is 1. The Hall–Kier alpha value is -1.79. The van der Waals surface area contributed by atoms with Gasteiger partial charge in [0.15, 0.2) is 0 Å². The van der Waals surface area contributed by atoms with Crippen LogP contribution in [0.5, 0.6) is 0 Å². The molecular formula is C16H21ClN4O2. The van der Waals surface area contributed by atoms with E-state index in [1.165, 1.54) is 0 Å². The zero-order chi connectivity index (χ0) is 16.6. The molecule has 7 heteroatoms. The van der Waals surface area contributed by atoms with E-state index in [9.17, 15) is 9.59 Å². The van der Waals surface area contributed by atoms with Crippen LogP contribution in [-0.2, 0) is 0 Å². The summed E-state index contributed by atoms with van der Waals surface area (Å²) in [5.74, 6) is -0.0247. The fraction of sp³-hybridized carbons (Fsp3) is 0.500. The summed E-state index contributed by atoms with van der Waals surface area (Å²) in [5.41, 5.74) is 1.15. The summed E-state index contributed by atoms with van der Waals surface area (Å²) in [5, 5.41) is 6.58. The van der Waals surface area contributed by atoms with Crippen molar-refractivity contribution >= 4 is 29.2 Å². The minimum absolute atomic E-state index is 0.0247. The predicted molar refractivity (Wildman–Crippen MR) is 90.2 cm³/mol. The van der Waals surface area contributed by atoms with Gasteiger partial charge >= 0.3 is 6.03 Å². The molecule has 2 aliphatic rings. The predicted octanol–water partition coefficient (Wildman–Crippen LogP) is 1.69. The van der Waals surface area contributed by atoms with E-state index in [0.29, 0.717) is 35.9 Å². The first-order chi connectivity index (χ1) is 11.0. The molecular weight excluding hydrogens is 316 g/mol. The van der Waals surface area contributed by atoms with Gasteiger partial charge in [-0.05, 0) is 32.0 Å². The van der Waals surface area contributed by atoms with E-state index in [0.717, 1.165) is 6.54 Å². The molecule has 1 aromatic rings. The monoisotopic (exact) mass is 336 g/mol. The van der Waals surface area contributed by atoms with Crippen LogP contribution < -0.4 is 15.5 Å². The number of rotatable bonds is 2. The Morgan fingerprint density at radius 2 is 2.04 bits per heavy atom. The Morgan fingerprint density at radius 3 is 2.74 bits per heavy atom. The Bertz CT molecular complexity index is 637. The molecule has 0 spiro atoms. The highest BCUT2D eigenvalue weighted by Gasteiger charge is 2.30. The molecule has 6 nitrogen and oxygen atoms in total. The molecule has 0 radical (unpaired) electrons. The second-order valence-corrected chi connectivity index (χ2v) is 6.44. The van der Waals surface area contributed by atoms with E-state index in [1.807, 2.05) is 11.8 Å². The number of hydrogen-bond acceptors (Lipinski definition) is 3. The number of anilines is 1. The quantitative estimate of drug-likeness (QED) is 0.864. The van der Waals surface area contributed by atoms with Gasteiger partial charge in [0.05, 0.1) is 10.7 Å². The SMILES string of the molecule is CC1NCCN(C(=O)c2ccc(Cl)c(N3CCNC3=O)c2)C1C. The van der Waals surface area contributed by atoms with Gasteiger partial charge in [-0.3, -0.25) is 9.69 Å². The van der Waals surface area contributed by atoms with Crippen molar-refractivity contribution in [2.24, 2.45) is 0 Å². The molecule has 124 valence electrons. The molecule has 0 saturated carbocycles. The van der Waals surface area contributed by atoms with Crippen LogP contribution in [-0.4, -0.2) is 55.1 Å². The second kappa shape index (κ2) is 6.37. The summed E-state index contributed by atoms with van der Waals surface area (Å²) in [6.07, 6.45) is 0. The largest absolute Gasteiger partial charge is 0.336 e. The van der Waals surface area contributed by atoms with Crippen LogP contribution in [0.3, 0.4) is 0 Å². The lowest BCUT2D eigenvalue weighted by Gasteiger charge is -2.38. The Labute approximate surface area is 140 Å². The van der Waals surface area contributed by atoms with Crippen molar-refractivity contribution in [2.45, 2.75) is 25.9 Å². The second-order valence-electron chi connectivity index (χ2n) is 6.03. The molecule has 2 fully saturated rings. The third kappa shape index (κ3) is 3.01. The minimum atomic E-state index is -0.180. The number of amides is 3. The summed E-state index contributed by atoms with van der Waals surface area (Å²) in [6.45, 7) is 6.71. The number of carbonyl (C=O) groups is 2. The number of benzene rings is 1. The van der Waals surface area contributed by atoms with Crippen molar-refractivity contribution in [1.82, 2.24) is 15.5 Å². The normalized spacial score (nSPS) is 24.7. The lowest BCUT2D eigenvalue weighted by atomic mass is 10.0. The van der Waals surface area contributed by atoms with Crippen LogP contribution in [0.15, 0.2) is 18.2 Å². The lowest BCUT2D eigenvalue weighted by Crippen LogP contribution is -2.57. The van der Waals surface area contributed by atoms with Crippen molar-refractivity contribution in [3.63, 3.8) is 0 Å². The fourth-order valence-corrected chi connectivity index (χ4v) is 3.28. The van der Waals surface area contributed by atoms with Crippen LogP contribution in [0.4, 0.5) is 10.5 Å². The number of hydrogen-bond donors (Lipinski definition) is 2. The van der Waals surface area contributed by atoms with Crippen molar-refractivity contribution in [1.29, 1.82) is 0 Å². The zero-order valence-electron chi connectivity index (χ0n) is 13.3. The van der Waals surface area contributed by atoms with E-state index in [2.05, 4.69) is 17.6 Å². The van der Waals surface area contributed by atoms with Gasteiger partial charge in [0, 0.05) is 43.8 Å². The van der Waals surface area contributed by atoms with Crippen molar-refractivity contribution in [3.8, 4) is 0 Å². The lowest BCUT2D eigenvalue weighted by molar-refractivity contribution is 0.0603. The van der Waals surface area contributed by atoms with Gasteiger partial charge in [0.2, 0.25) is 0 Å². The summed E-state index contributed by atoms with van der Waals surface area (Å²) in [4.78, 5) is 28.2. The highest BCUT2D eigenvalue weighted by molar-refractivity contribution is 6.34. The number of carbonyl (C=O) groups excluding carboxylic acids is 2. The van der Waals surface area contributed by atoms with Crippen LogP contribution in [0.1, 0.15) is 24.2 Å². The molecule has 2 heterocycles. The average Bonchev–Trinajstić information content (AvgIpc) is 2.96. The Kier molecular flexibility index (Phi) is 4.46. The van der Waals surface area contributed by atoms with Crippen molar-refractivity contribution in [3.05, 3.63) is 28.8 Å². The van der Waals surface area contributed by atoms with E-state index in [4.69, 9.17) is 11.6 Å². The van der Waals surface area contributed by atoms with Crippen LogP contribution in [0, 0.1) is 0 Å². The molecule has 3 rings (SSSR count). The Balaban J connectivity index is 1.88. The zero-order valence-corrected chi connectivity index (χ0v) is 14.1. The number of piperazine rings is 1.